The molecule has 6 nitrogen and oxygen atoms in total. The zero-order valence-corrected chi connectivity index (χ0v) is 10.5. The Bertz CT molecular complexity index is 417. The molecule has 0 aliphatic rings. The van der Waals surface area contributed by atoms with Crippen molar-refractivity contribution >= 4 is 28.9 Å². The molecule has 0 aliphatic heterocycles. The van der Waals surface area contributed by atoms with Gasteiger partial charge in [-0.3, -0.25) is 4.79 Å². The van der Waals surface area contributed by atoms with Crippen LogP contribution in [-0.2, 0) is 4.79 Å². The van der Waals surface area contributed by atoms with E-state index in [-0.39, 0.29) is 10.9 Å². The largest absolute Gasteiger partial charge is 0.388 e. The van der Waals surface area contributed by atoms with Gasteiger partial charge in [0.15, 0.2) is 0 Å². The van der Waals surface area contributed by atoms with E-state index in [4.69, 9.17) is 23.7 Å². The fourth-order valence-corrected chi connectivity index (χ4v) is 1.36. The number of carbonyl (C=O) groups excluding carboxylic acids is 1. The number of rotatable bonds is 5. The number of hydrogen-bond donors (Lipinski definition) is 3. The summed E-state index contributed by atoms with van der Waals surface area (Å²) < 4.78 is 0. The molecule has 0 saturated heterocycles. The standard InChI is InChI=1S/C10H15N5OS/c1-5(2)8(9(11)16)15-7-4-13-6(3-14-7)10(12)17/h3-5,8H,1-2H3,(H2,11,16)(H2,12,17)(H,14,15). The SMILES string of the molecule is CC(C)C(Nc1cnc(C(N)=S)cn1)C(N)=O. The summed E-state index contributed by atoms with van der Waals surface area (Å²) in [6, 6.07) is -0.486. The van der Waals surface area contributed by atoms with Gasteiger partial charge in [-0.15, -0.1) is 0 Å². The van der Waals surface area contributed by atoms with Gasteiger partial charge in [-0.05, 0) is 5.92 Å². The predicted molar refractivity (Wildman–Crippen MR) is 69.4 cm³/mol. The van der Waals surface area contributed by atoms with E-state index in [1.165, 1.54) is 12.4 Å². The first kappa shape index (κ1) is 13.3. The summed E-state index contributed by atoms with van der Waals surface area (Å²) in [5, 5.41) is 2.91. The molecule has 1 atom stereocenters. The van der Waals surface area contributed by atoms with Gasteiger partial charge in [0, 0.05) is 0 Å². The second-order valence-electron chi connectivity index (χ2n) is 3.92. The van der Waals surface area contributed by atoms with Gasteiger partial charge in [0.05, 0.1) is 12.4 Å². The van der Waals surface area contributed by atoms with Crippen molar-refractivity contribution in [3.8, 4) is 0 Å². The summed E-state index contributed by atoms with van der Waals surface area (Å²) >= 11 is 4.76. The summed E-state index contributed by atoms with van der Waals surface area (Å²) in [7, 11) is 0. The molecule has 0 aliphatic carbocycles. The molecule has 1 amide bonds. The Morgan fingerprint density at radius 2 is 2.00 bits per heavy atom. The molecule has 17 heavy (non-hydrogen) atoms. The molecule has 1 aromatic heterocycles. The maximum atomic E-state index is 11.2. The van der Waals surface area contributed by atoms with Crippen molar-refractivity contribution in [2.24, 2.45) is 17.4 Å². The van der Waals surface area contributed by atoms with E-state index < -0.39 is 11.9 Å². The average Bonchev–Trinajstić information content (AvgIpc) is 2.25. The van der Waals surface area contributed by atoms with Gasteiger partial charge in [-0.1, -0.05) is 26.1 Å². The Morgan fingerprint density at radius 3 is 2.35 bits per heavy atom. The highest BCUT2D eigenvalue weighted by Crippen LogP contribution is 2.09. The number of nitrogens with one attached hydrogen (secondary N) is 1. The van der Waals surface area contributed by atoms with Crippen molar-refractivity contribution in [1.29, 1.82) is 0 Å². The second-order valence-corrected chi connectivity index (χ2v) is 4.36. The molecule has 1 heterocycles. The summed E-state index contributed by atoms with van der Waals surface area (Å²) in [5.41, 5.74) is 11.1. The van der Waals surface area contributed by atoms with Crippen molar-refractivity contribution in [1.82, 2.24) is 9.97 Å². The van der Waals surface area contributed by atoms with Gasteiger partial charge in [0.25, 0.3) is 0 Å². The molecule has 0 radical (unpaired) electrons. The normalized spacial score (nSPS) is 12.2. The van der Waals surface area contributed by atoms with Gasteiger partial charge >= 0.3 is 0 Å². The summed E-state index contributed by atoms with van der Waals surface area (Å²) in [4.78, 5) is 19.4. The third kappa shape index (κ3) is 3.63. The third-order valence-corrected chi connectivity index (χ3v) is 2.39. The lowest BCUT2D eigenvalue weighted by atomic mass is 10.0. The number of aromatic nitrogens is 2. The zero-order valence-electron chi connectivity index (χ0n) is 9.68. The van der Waals surface area contributed by atoms with Crippen LogP contribution in [0.15, 0.2) is 12.4 Å². The van der Waals surface area contributed by atoms with Gasteiger partial charge in [0.1, 0.15) is 22.5 Å². The van der Waals surface area contributed by atoms with Crippen LogP contribution >= 0.6 is 12.2 Å². The van der Waals surface area contributed by atoms with E-state index in [1.807, 2.05) is 13.8 Å². The Balaban J connectivity index is 2.80. The van der Waals surface area contributed by atoms with Crippen molar-refractivity contribution in [3.05, 3.63) is 18.1 Å². The van der Waals surface area contributed by atoms with Crippen LogP contribution < -0.4 is 16.8 Å². The van der Waals surface area contributed by atoms with Crippen LogP contribution in [0, 0.1) is 5.92 Å². The minimum atomic E-state index is -0.486. The average molecular weight is 253 g/mol. The first-order valence-corrected chi connectivity index (χ1v) is 5.50. The summed E-state index contributed by atoms with van der Waals surface area (Å²) in [5.74, 6) is 0.0901. The molecule has 0 fully saturated rings. The molecular formula is C10H15N5OS. The molecule has 7 heteroatoms. The van der Waals surface area contributed by atoms with Gasteiger partial charge in [0.2, 0.25) is 5.91 Å². The van der Waals surface area contributed by atoms with E-state index in [2.05, 4.69) is 15.3 Å². The Labute approximate surface area is 105 Å². The van der Waals surface area contributed by atoms with Crippen LogP contribution in [-0.4, -0.2) is 26.9 Å². The topological polar surface area (TPSA) is 107 Å². The van der Waals surface area contributed by atoms with E-state index in [0.29, 0.717) is 11.5 Å². The molecule has 0 saturated carbocycles. The maximum absolute atomic E-state index is 11.2. The molecule has 1 aromatic rings. The van der Waals surface area contributed by atoms with Crippen LogP contribution in [0.25, 0.3) is 0 Å². The van der Waals surface area contributed by atoms with Crippen LogP contribution in [0.3, 0.4) is 0 Å². The Morgan fingerprint density at radius 1 is 1.35 bits per heavy atom. The van der Waals surface area contributed by atoms with E-state index in [1.54, 1.807) is 0 Å². The fraction of sp³-hybridized carbons (Fsp3) is 0.400. The van der Waals surface area contributed by atoms with E-state index in [0.717, 1.165) is 0 Å². The number of anilines is 1. The highest BCUT2D eigenvalue weighted by molar-refractivity contribution is 7.80. The lowest BCUT2D eigenvalue weighted by Gasteiger charge is -2.19. The number of thiocarbonyl (C=S) groups is 1. The monoisotopic (exact) mass is 253 g/mol. The quantitative estimate of drug-likeness (QED) is 0.639. The first-order chi connectivity index (χ1) is 7.91. The van der Waals surface area contributed by atoms with Gasteiger partial charge in [-0.2, -0.15) is 0 Å². The minimum Gasteiger partial charge on any atom is -0.388 e. The highest BCUT2D eigenvalue weighted by Gasteiger charge is 2.19. The Kier molecular flexibility index (Phi) is 4.33. The lowest BCUT2D eigenvalue weighted by molar-refractivity contribution is -0.119. The van der Waals surface area contributed by atoms with Gasteiger partial charge in [-0.25, -0.2) is 9.97 Å². The number of carbonyl (C=O) groups is 1. The molecule has 0 aromatic carbocycles. The molecule has 1 rings (SSSR count). The second kappa shape index (κ2) is 5.53. The number of primary amides is 1. The number of amides is 1. The third-order valence-electron chi connectivity index (χ3n) is 2.18. The van der Waals surface area contributed by atoms with E-state index in [9.17, 15) is 4.79 Å². The number of nitrogens with two attached hydrogens (primary N) is 2. The number of hydrogen-bond acceptors (Lipinski definition) is 5. The zero-order chi connectivity index (χ0) is 13.0. The lowest BCUT2D eigenvalue weighted by Crippen LogP contribution is -2.39. The maximum Gasteiger partial charge on any atom is 0.240 e. The molecule has 1 unspecified atom stereocenters. The molecule has 0 bridgehead atoms. The molecule has 92 valence electrons. The first-order valence-electron chi connectivity index (χ1n) is 5.09. The molecular weight excluding hydrogens is 238 g/mol. The van der Waals surface area contributed by atoms with Crippen LogP contribution in [0.4, 0.5) is 5.82 Å². The smallest absolute Gasteiger partial charge is 0.240 e. The number of nitrogens with zero attached hydrogens (tertiary/aromatic N) is 2. The van der Waals surface area contributed by atoms with Gasteiger partial charge < -0.3 is 16.8 Å². The van der Waals surface area contributed by atoms with Crippen LogP contribution in [0.2, 0.25) is 0 Å². The fourth-order valence-electron chi connectivity index (χ4n) is 1.26. The predicted octanol–water partition coefficient (Wildman–Crippen LogP) is 0.0326. The Hall–Kier alpha value is -1.76. The van der Waals surface area contributed by atoms with Crippen LogP contribution in [0.5, 0.6) is 0 Å². The van der Waals surface area contributed by atoms with E-state index >= 15 is 0 Å². The van der Waals surface area contributed by atoms with Crippen molar-refractivity contribution in [3.63, 3.8) is 0 Å². The van der Waals surface area contributed by atoms with Crippen molar-refractivity contribution in [2.75, 3.05) is 5.32 Å². The summed E-state index contributed by atoms with van der Waals surface area (Å²) in [6.45, 7) is 3.78. The summed E-state index contributed by atoms with van der Waals surface area (Å²) in [6.07, 6.45) is 2.91. The molecule has 0 spiro atoms. The minimum absolute atomic E-state index is 0.0598. The van der Waals surface area contributed by atoms with Crippen LogP contribution in [0.1, 0.15) is 19.5 Å². The highest BCUT2D eigenvalue weighted by atomic mass is 32.1. The molecule has 5 N–H and O–H groups in total. The van der Waals surface area contributed by atoms with Crippen molar-refractivity contribution in [2.45, 2.75) is 19.9 Å². The van der Waals surface area contributed by atoms with Crippen molar-refractivity contribution < 1.29 is 4.79 Å².